The topological polar surface area (TPSA) is 408 Å². The number of ether oxygens (including phenoxy) is 2. The molecule has 101 heavy (non-hydrogen) atoms. The molecule has 8 heterocycles. The van der Waals surface area contributed by atoms with Crippen LogP contribution in [-0.2, 0) is 14.4 Å². The van der Waals surface area contributed by atoms with Gasteiger partial charge in [-0.25, -0.2) is 28.7 Å². The molecule has 0 bridgehead atoms. The number of rotatable bonds is 21. The Morgan fingerprint density at radius 1 is 0.545 bits per heavy atom. The fraction of sp³-hybridized carbons (Fsp3) is 0.328. The molecule has 6 aromatic heterocycles. The molecule has 0 radical (unpaired) electrons. The summed E-state index contributed by atoms with van der Waals surface area (Å²) in [6, 6.07) is 20.7. The Hall–Kier alpha value is -12.2. The zero-order valence-corrected chi connectivity index (χ0v) is 53.4. The Morgan fingerprint density at radius 3 is 1.48 bits per heavy atom. The molecule has 2 aliphatic heterocycles. The van der Waals surface area contributed by atoms with Crippen molar-refractivity contribution in [1.82, 2.24) is 90.1 Å². The van der Waals surface area contributed by atoms with E-state index in [2.05, 4.69) is 81.4 Å². The third kappa shape index (κ3) is 20.0. The van der Waals surface area contributed by atoms with E-state index in [1.807, 2.05) is 16.0 Å². The van der Waals surface area contributed by atoms with Gasteiger partial charge >= 0.3 is 18.5 Å². The summed E-state index contributed by atoms with van der Waals surface area (Å²) in [6.07, 6.45) is -8.38. The van der Waals surface area contributed by atoms with Crippen LogP contribution in [0.25, 0.3) is 17.7 Å². The van der Waals surface area contributed by atoms with Crippen molar-refractivity contribution in [3.63, 3.8) is 0 Å². The van der Waals surface area contributed by atoms with Gasteiger partial charge in [0.25, 0.3) is 11.9 Å². The Kier molecular flexibility index (Phi) is 22.5. The van der Waals surface area contributed by atoms with Crippen molar-refractivity contribution in [3.8, 4) is 29.2 Å². The van der Waals surface area contributed by atoms with Crippen molar-refractivity contribution in [1.29, 1.82) is 0 Å². The van der Waals surface area contributed by atoms with Crippen LogP contribution in [0.1, 0.15) is 59.5 Å². The average molecular weight is 1450 g/mol. The van der Waals surface area contributed by atoms with Gasteiger partial charge in [0.2, 0.25) is 53.4 Å². The van der Waals surface area contributed by atoms with E-state index >= 15 is 0 Å². The van der Waals surface area contributed by atoms with Gasteiger partial charge in [-0.3, -0.25) is 14.4 Å². The number of hydrogen-bond donors (Lipinski definition) is 10. The number of carbonyl (C=O) groups excluding carboxylic acids is 3. The molecule has 13 N–H and O–H groups in total. The van der Waals surface area contributed by atoms with Gasteiger partial charge in [-0.2, -0.15) is 78.5 Å². The number of aromatic nitrogens is 15. The predicted molar refractivity (Wildman–Crippen MR) is 372 cm³/mol. The Morgan fingerprint density at radius 2 is 0.980 bits per heavy atom. The number of nitrogen functional groups attached to an aromatic ring is 3. The summed E-state index contributed by atoms with van der Waals surface area (Å²) in [5.41, 5.74) is 18.3. The fourth-order valence-corrected chi connectivity index (χ4v) is 9.64. The molecule has 0 unspecified atom stereocenters. The Bertz CT molecular complexity index is 4370. The van der Waals surface area contributed by atoms with Gasteiger partial charge < -0.3 is 73.7 Å². The predicted octanol–water partition coefficient (Wildman–Crippen LogP) is 10.1. The highest BCUT2D eigenvalue weighted by atomic mass is 19.4. The van der Waals surface area contributed by atoms with Crippen molar-refractivity contribution in [2.75, 3.05) is 95.2 Å². The van der Waals surface area contributed by atoms with Crippen LogP contribution < -0.4 is 73.7 Å². The highest BCUT2D eigenvalue weighted by Gasteiger charge is 2.38. The first-order chi connectivity index (χ1) is 47.8. The minimum atomic E-state index is -4.56. The normalized spacial score (nSPS) is 14.6. The summed E-state index contributed by atoms with van der Waals surface area (Å²) in [5.74, 6) is -1.57. The summed E-state index contributed by atoms with van der Waals surface area (Å²) in [6.45, 7) is -0.829. The lowest BCUT2D eigenvalue weighted by Crippen LogP contribution is -2.50. The van der Waals surface area contributed by atoms with E-state index in [1.165, 1.54) is 77.0 Å². The van der Waals surface area contributed by atoms with E-state index in [4.69, 9.17) is 26.7 Å². The number of nitrogens with zero attached hydrogens (tertiary/aromatic N) is 17. The van der Waals surface area contributed by atoms with Crippen molar-refractivity contribution < 1.29 is 92.1 Å². The van der Waals surface area contributed by atoms with E-state index in [-0.39, 0.29) is 104 Å². The molecule has 9 aromatic rings. The number of halogens is 11. The van der Waals surface area contributed by atoms with E-state index in [9.17, 15) is 62.7 Å². The summed E-state index contributed by atoms with van der Waals surface area (Å²) in [4.78, 5) is 76.7. The number of hydrogen-bond acceptors (Lipinski definition) is 26. The number of benzene rings is 3. The van der Waals surface area contributed by atoms with Crippen LogP contribution in [0.15, 0.2) is 104 Å². The monoisotopic (exact) mass is 1450 g/mol. The molecule has 0 aliphatic carbocycles. The number of amides is 3. The third-order valence-electron chi connectivity index (χ3n) is 14.3. The largest absolute Gasteiger partial charge is 0.497 e. The van der Waals surface area contributed by atoms with Crippen LogP contribution in [0.3, 0.4) is 0 Å². The SMILES string of the molecule is COc1ccc(Nc2nc(N)n(-c3ncc(F)c(N4CCC[C@@H]4C(=O)NCC(F)(F)F)n3)n2)cc1.COc1ccc(Nc2nc(N)n(-c3nccc(NC(C)(C)C(=O)NCC(F)(F)F)n3)n2)cc1.Nc1nc(Nc2ccc(F)cc2)nn1-c1cc(N2CCC[C@@H]2C(=O)NCC(F)(F)F)ncn1.[HH].[HH].[HH].[HH].[HH].[HH].[HH].[HH].[HH].[HH].[HH].[HH].[HH].[HH]. The second kappa shape index (κ2) is 31.1. The smallest absolute Gasteiger partial charge is 0.405 e. The number of nitrogens with two attached hydrogens (primary N) is 3. The zero-order chi connectivity index (χ0) is 73.0. The first-order valence-electron chi connectivity index (χ1n) is 29.9. The minimum absolute atomic E-state index is 0. The first-order valence-corrected chi connectivity index (χ1v) is 29.9. The van der Waals surface area contributed by atoms with Crippen LogP contribution in [0.5, 0.6) is 11.5 Å². The highest BCUT2D eigenvalue weighted by Crippen LogP contribution is 2.31. The van der Waals surface area contributed by atoms with Gasteiger partial charge in [0.15, 0.2) is 17.5 Å². The van der Waals surface area contributed by atoms with Crippen molar-refractivity contribution in [3.05, 3.63) is 115 Å². The van der Waals surface area contributed by atoms with E-state index in [0.29, 0.717) is 60.2 Å². The molecule has 2 saturated heterocycles. The van der Waals surface area contributed by atoms with Crippen molar-refractivity contribution >= 4 is 87.9 Å². The Balaban J connectivity index is -0.000000365. The molecule has 3 aromatic carbocycles. The van der Waals surface area contributed by atoms with Gasteiger partial charge in [-0.15, -0.1) is 15.3 Å². The summed E-state index contributed by atoms with van der Waals surface area (Å²) < 4.78 is 153. The molecule has 2 aliphatic rings. The lowest BCUT2D eigenvalue weighted by molar-refractivity contribution is -0.140. The van der Waals surface area contributed by atoms with Crippen LogP contribution in [0, 0.1) is 11.6 Å². The summed E-state index contributed by atoms with van der Waals surface area (Å²) >= 11 is 0. The number of methoxy groups -OCH3 is 2. The number of anilines is 12. The van der Waals surface area contributed by atoms with Crippen LogP contribution in [0.4, 0.5) is 119 Å². The number of nitrogens with one attached hydrogen (secondary N) is 7. The quantitative estimate of drug-likeness (QED) is 0.0299. The third-order valence-corrected chi connectivity index (χ3v) is 14.3. The first kappa shape index (κ1) is 73.0. The maximum atomic E-state index is 14.6. The molecule has 3 amide bonds. The van der Waals surface area contributed by atoms with Gasteiger partial charge in [0.1, 0.15) is 72.5 Å². The standard InChI is InChI=1S/C20H21F4N9O2.C19H19F4N9O.C19H22F3N9O2.14H2/c1-35-12-6-4-11(5-7-12)28-18-30-17(25)33(31-18)19-26-9-13(21)15(29-19)32-8-2-3-14(32)16(34)27-10-20(22,23)24;20-11-3-5-12(6-4-11)28-18-29-17(24)32(30-18)15-8-14(26-10-27-15)31-7-1-2-13(31)16(33)25-9-19(21,22)23;1-18(2,14(32)25-10-19(20,21)22)29-13-8-9-24-17(27-13)31-15(23)28-16(30-31)26-11-4-6-12(33-3)7-5-11;;;;;;;;;;;;;;/h4-7,9,14H,2-3,8,10H2,1H3,(H,27,34)(H3,25,28,30,31);3-6,8,10,13H,1-2,7,9H2,(H,25,33)(H3,24,28,29,30);4-9H,10H2,1-3H3,(H,25,32)(H,24,27,29)(H3,23,26,28,30);14*1H/t14-;13-;;;;;;;;;;;;;;;/m11.............../s1. The molecule has 564 valence electrons. The maximum Gasteiger partial charge on any atom is 0.405 e. The Labute approximate surface area is 584 Å². The average Bonchev–Trinajstić information content (AvgIpc) is 1.69. The number of alkyl halides is 9. The van der Waals surface area contributed by atoms with E-state index < -0.39 is 79.3 Å². The second-order valence-corrected chi connectivity index (χ2v) is 22.2. The lowest BCUT2D eigenvalue weighted by Gasteiger charge is -2.26. The molecule has 2 fully saturated rings. The van der Waals surface area contributed by atoms with Crippen LogP contribution in [0.2, 0.25) is 0 Å². The molecule has 11 rings (SSSR count). The minimum Gasteiger partial charge on any atom is -0.497 e. The molecular formula is C58H90F11N27O5. The molecule has 0 saturated carbocycles. The highest BCUT2D eigenvalue weighted by molar-refractivity contribution is 5.88. The number of carbonyl (C=O) groups is 3. The molecule has 32 nitrogen and oxygen atoms in total. The van der Waals surface area contributed by atoms with E-state index in [0.717, 1.165) is 10.9 Å². The molecular weight excluding hydrogens is 1360 g/mol. The fourth-order valence-electron chi connectivity index (χ4n) is 9.64. The van der Waals surface area contributed by atoms with Crippen molar-refractivity contribution in [2.24, 2.45) is 0 Å². The molecule has 0 spiro atoms. The van der Waals surface area contributed by atoms with E-state index in [1.54, 1.807) is 67.7 Å². The van der Waals surface area contributed by atoms with Crippen LogP contribution in [-0.4, -0.2) is 175 Å². The second-order valence-electron chi connectivity index (χ2n) is 22.2. The maximum absolute atomic E-state index is 14.6. The van der Waals surface area contributed by atoms with Gasteiger partial charge in [-0.05, 0) is 118 Å². The van der Waals surface area contributed by atoms with Crippen LogP contribution >= 0.6 is 0 Å². The summed E-state index contributed by atoms with van der Waals surface area (Å²) in [7, 11) is 3.11. The van der Waals surface area contributed by atoms with Crippen molar-refractivity contribution in [2.45, 2.75) is 75.7 Å². The zero-order valence-electron chi connectivity index (χ0n) is 53.4. The van der Waals surface area contributed by atoms with Gasteiger partial charge in [0.05, 0.1) is 20.4 Å². The summed E-state index contributed by atoms with van der Waals surface area (Å²) in [5, 5.41) is 29.9. The molecule has 43 heteroatoms. The van der Waals surface area contributed by atoms with Gasteiger partial charge in [-0.1, -0.05) is 0 Å². The van der Waals surface area contributed by atoms with Gasteiger partial charge in [0, 0.05) is 62.4 Å². The molecule has 2 atom stereocenters. The lowest BCUT2D eigenvalue weighted by atomic mass is 10.0.